The van der Waals surface area contributed by atoms with E-state index in [0.29, 0.717) is 4.34 Å². The van der Waals surface area contributed by atoms with Crippen molar-refractivity contribution in [1.82, 2.24) is 10.2 Å². The Morgan fingerprint density at radius 3 is 2.59 bits per heavy atom. The van der Waals surface area contributed by atoms with E-state index in [2.05, 4.69) is 15.4 Å². The molecular weight excluding hydrogens is 592 g/mol. The summed E-state index contributed by atoms with van der Waals surface area (Å²) in [5, 5.41) is 5.20. The van der Waals surface area contributed by atoms with Crippen LogP contribution in [0.15, 0.2) is 30.3 Å². The summed E-state index contributed by atoms with van der Waals surface area (Å²) >= 11 is 6.93. The molecule has 2 aromatic rings. The van der Waals surface area contributed by atoms with Crippen molar-refractivity contribution in [2.45, 2.75) is 38.3 Å². The first-order valence-electron chi connectivity index (χ1n) is 12.9. The van der Waals surface area contributed by atoms with Gasteiger partial charge in [0.1, 0.15) is 12.6 Å². The summed E-state index contributed by atoms with van der Waals surface area (Å²) in [5.74, 6) is -1.92. The highest BCUT2D eigenvalue weighted by molar-refractivity contribution is 7.18. The Hall–Kier alpha value is -2.94. The number of carbonyl (C=O) groups excluding carboxylic acids is 3. The Balaban J connectivity index is 1.56. The molecule has 1 aliphatic carbocycles. The predicted octanol–water partition coefficient (Wildman–Crippen LogP) is 4.47. The fourth-order valence-corrected chi connectivity index (χ4v) is 5.58. The second kappa shape index (κ2) is 14.3. The number of halogens is 5. The van der Waals surface area contributed by atoms with E-state index < -0.39 is 43.3 Å². The van der Waals surface area contributed by atoms with E-state index in [1.165, 1.54) is 34.1 Å². The van der Waals surface area contributed by atoms with Gasteiger partial charge in [-0.25, -0.2) is 8.78 Å². The van der Waals surface area contributed by atoms with Crippen molar-refractivity contribution < 1.29 is 41.4 Å². The van der Waals surface area contributed by atoms with Crippen LogP contribution in [0.4, 0.5) is 28.9 Å². The molecule has 41 heavy (non-hydrogen) atoms. The van der Waals surface area contributed by atoms with Gasteiger partial charge in [0.25, 0.3) is 18.2 Å². The van der Waals surface area contributed by atoms with Crippen LogP contribution in [0.5, 0.6) is 5.75 Å². The van der Waals surface area contributed by atoms with Gasteiger partial charge in [-0.05, 0) is 43.0 Å². The Kier molecular flexibility index (Phi) is 10.8. The largest absolute Gasteiger partial charge is 0.433 e. The molecule has 3 amide bonds. The number of hydrogen-bond donors (Lipinski definition) is 2. The van der Waals surface area contributed by atoms with Crippen molar-refractivity contribution in [3.05, 3.63) is 39.5 Å². The zero-order chi connectivity index (χ0) is 29.5. The highest BCUT2D eigenvalue weighted by Gasteiger charge is 2.33. The maximum Gasteiger partial charge on any atom is 0.387 e. The van der Waals surface area contributed by atoms with Crippen molar-refractivity contribution in [2.24, 2.45) is 5.92 Å². The van der Waals surface area contributed by atoms with Crippen LogP contribution in [0, 0.1) is 5.92 Å². The molecule has 9 nitrogen and oxygen atoms in total. The summed E-state index contributed by atoms with van der Waals surface area (Å²) in [6.45, 7) is -3.89. The average Bonchev–Trinajstić information content (AvgIpc) is 3.32. The Morgan fingerprint density at radius 2 is 1.98 bits per heavy atom. The molecule has 1 aromatic carbocycles. The number of nitrogens with one attached hydrogen (secondary N) is 2. The number of carbonyl (C=O) groups is 3. The van der Waals surface area contributed by atoms with E-state index >= 15 is 0 Å². The van der Waals surface area contributed by atoms with Crippen molar-refractivity contribution >= 4 is 52.0 Å². The molecular formula is C26H29ClF4N4O5S. The number of thiophene rings is 1. The SMILES string of the molecule is O=C(NC[C@H](C(=O)Nc1ccc(N2CCOCC2=O)c(OC(F)F)c1)N(CC(F)F)CC1CCC1)c1ccc(Cl)s1. The number of ether oxygens (including phenoxy) is 2. The van der Waals surface area contributed by atoms with E-state index in [-0.39, 0.29) is 60.8 Å². The Bertz CT molecular complexity index is 1230. The van der Waals surface area contributed by atoms with Gasteiger partial charge in [-0.3, -0.25) is 19.3 Å². The average molecular weight is 621 g/mol. The molecule has 0 bridgehead atoms. The van der Waals surface area contributed by atoms with E-state index in [1.54, 1.807) is 0 Å². The molecule has 0 unspecified atom stereocenters. The van der Waals surface area contributed by atoms with Crippen LogP contribution in [0.1, 0.15) is 28.9 Å². The first-order valence-corrected chi connectivity index (χ1v) is 14.1. The van der Waals surface area contributed by atoms with Gasteiger partial charge in [-0.1, -0.05) is 18.0 Å². The highest BCUT2D eigenvalue weighted by Crippen LogP contribution is 2.34. The molecule has 0 spiro atoms. The topological polar surface area (TPSA) is 100 Å². The lowest BCUT2D eigenvalue weighted by molar-refractivity contribution is -0.126. The van der Waals surface area contributed by atoms with Gasteiger partial charge in [0.15, 0.2) is 5.75 Å². The number of hydrogen-bond acceptors (Lipinski definition) is 7. The van der Waals surface area contributed by atoms with E-state index in [9.17, 15) is 31.9 Å². The van der Waals surface area contributed by atoms with Crippen molar-refractivity contribution in [1.29, 1.82) is 0 Å². The fraction of sp³-hybridized carbons (Fsp3) is 0.500. The highest BCUT2D eigenvalue weighted by atomic mass is 35.5. The van der Waals surface area contributed by atoms with Gasteiger partial charge in [0.05, 0.1) is 28.1 Å². The monoisotopic (exact) mass is 620 g/mol. The van der Waals surface area contributed by atoms with Gasteiger partial charge >= 0.3 is 6.61 Å². The normalized spacial score (nSPS) is 16.7. The van der Waals surface area contributed by atoms with Crippen LogP contribution in [-0.2, 0) is 14.3 Å². The first kappa shape index (κ1) is 31.0. The van der Waals surface area contributed by atoms with Crippen molar-refractivity contribution in [3.63, 3.8) is 0 Å². The zero-order valence-corrected chi connectivity index (χ0v) is 23.4. The molecule has 2 aliphatic rings. The molecule has 1 atom stereocenters. The van der Waals surface area contributed by atoms with Gasteiger partial charge in [0, 0.05) is 31.4 Å². The lowest BCUT2D eigenvalue weighted by atomic mass is 9.85. The van der Waals surface area contributed by atoms with Gasteiger partial charge < -0.3 is 25.0 Å². The van der Waals surface area contributed by atoms with Crippen LogP contribution in [0.25, 0.3) is 0 Å². The second-order valence-corrected chi connectivity index (χ2v) is 11.3. The number of rotatable bonds is 13. The zero-order valence-electron chi connectivity index (χ0n) is 21.8. The summed E-state index contributed by atoms with van der Waals surface area (Å²) < 4.78 is 63.8. The third kappa shape index (κ3) is 8.53. The molecule has 1 saturated carbocycles. The first-order chi connectivity index (χ1) is 19.6. The van der Waals surface area contributed by atoms with Crippen LogP contribution >= 0.6 is 22.9 Å². The molecule has 224 valence electrons. The third-order valence-electron chi connectivity index (χ3n) is 6.81. The summed E-state index contributed by atoms with van der Waals surface area (Å²) in [4.78, 5) is 41.3. The van der Waals surface area contributed by atoms with E-state index in [0.717, 1.165) is 36.7 Å². The molecule has 15 heteroatoms. The predicted molar refractivity (Wildman–Crippen MR) is 145 cm³/mol. The van der Waals surface area contributed by atoms with Crippen molar-refractivity contribution in [2.75, 3.05) is 49.6 Å². The number of nitrogens with zero attached hydrogens (tertiary/aromatic N) is 2. The maximum atomic E-state index is 13.6. The number of alkyl halides is 4. The number of anilines is 2. The minimum atomic E-state index is -3.21. The fourth-order valence-electron chi connectivity index (χ4n) is 4.62. The van der Waals surface area contributed by atoms with Crippen LogP contribution in [0.3, 0.4) is 0 Å². The summed E-state index contributed by atoms with van der Waals surface area (Å²) in [6.07, 6.45) is -0.104. The molecule has 4 rings (SSSR count). The molecule has 2 N–H and O–H groups in total. The van der Waals surface area contributed by atoms with Crippen LogP contribution in [0.2, 0.25) is 4.34 Å². The van der Waals surface area contributed by atoms with Gasteiger partial charge in [-0.15, -0.1) is 11.3 Å². The van der Waals surface area contributed by atoms with Crippen LogP contribution in [-0.4, -0.2) is 81.1 Å². The minimum Gasteiger partial charge on any atom is -0.433 e. The lowest BCUT2D eigenvalue weighted by Crippen LogP contribution is -2.53. The quantitative estimate of drug-likeness (QED) is 0.321. The Labute approximate surface area is 242 Å². The Morgan fingerprint density at radius 1 is 1.20 bits per heavy atom. The summed E-state index contributed by atoms with van der Waals surface area (Å²) in [6, 6.07) is 5.71. The molecule has 2 heterocycles. The molecule has 0 radical (unpaired) electrons. The molecule has 2 fully saturated rings. The smallest absolute Gasteiger partial charge is 0.387 e. The third-order valence-corrected chi connectivity index (χ3v) is 8.04. The lowest BCUT2D eigenvalue weighted by Gasteiger charge is -2.36. The van der Waals surface area contributed by atoms with Gasteiger partial charge in [-0.2, -0.15) is 8.78 Å². The second-order valence-electron chi connectivity index (χ2n) is 9.62. The molecule has 1 aliphatic heterocycles. The summed E-state index contributed by atoms with van der Waals surface area (Å²) in [7, 11) is 0. The van der Waals surface area contributed by atoms with Gasteiger partial charge in [0.2, 0.25) is 5.91 Å². The standard InChI is InChI=1S/C26H29ClF4N4O5S/c27-21-7-6-20(41-21)25(38)32-11-18(34(13-22(28)29)12-15-2-1-3-15)24(37)33-16-4-5-17(19(10-16)40-26(30)31)35-8-9-39-14-23(35)36/h4-7,10,15,18,22,26H,1-3,8-9,11-14H2,(H,32,38)(H,33,37)/t18-/m1/s1. The number of amides is 3. The molecule has 1 saturated heterocycles. The maximum absolute atomic E-state index is 13.6. The molecule has 1 aromatic heterocycles. The van der Waals surface area contributed by atoms with E-state index in [1.807, 2.05) is 0 Å². The van der Waals surface area contributed by atoms with Crippen LogP contribution < -0.4 is 20.3 Å². The number of benzene rings is 1. The minimum absolute atomic E-state index is 0.0390. The van der Waals surface area contributed by atoms with Crippen molar-refractivity contribution in [3.8, 4) is 5.75 Å². The van der Waals surface area contributed by atoms with E-state index in [4.69, 9.17) is 16.3 Å². The number of morpholine rings is 1. The summed E-state index contributed by atoms with van der Waals surface area (Å²) in [5.41, 5.74) is 0.108.